The molecular formula is C22H34O2. The van der Waals surface area contributed by atoms with Crippen LogP contribution in [-0.4, -0.2) is 11.1 Å². The minimum Gasteiger partial charge on any atom is -0.481 e. The van der Waals surface area contributed by atoms with Crippen LogP contribution in [0.25, 0.3) is 0 Å². The predicted octanol–water partition coefficient (Wildman–Crippen LogP) is 6.15. The van der Waals surface area contributed by atoms with Crippen LogP contribution in [0.4, 0.5) is 0 Å². The molecule has 0 unspecified atom stereocenters. The van der Waals surface area contributed by atoms with E-state index in [4.69, 9.17) is 5.11 Å². The van der Waals surface area contributed by atoms with E-state index in [1.807, 2.05) is 6.08 Å². The van der Waals surface area contributed by atoms with Crippen LogP contribution in [0.2, 0.25) is 0 Å². The normalized spacial score (nSPS) is 31.9. The number of carboxylic acid groups (broad SMARTS) is 1. The van der Waals surface area contributed by atoms with Crippen molar-refractivity contribution in [2.24, 2.45) is 22.7 Å². The lowest BCUT2D eigenvalue weighted by atomic mass is 9.49. The topological polar surface area (TPSA) is 37.3 Å². The van der Waals surface area contributed by atoms with Gasteiger partial charge in [0.25, 0.3) is 0 Å². The van der Waals surface area contributed by atoms with E-state index in [0.29, 0.717) is 5.41 Å². The average molecular weight is 331 g/mol. The van der Waals surface area contributed by atoms with Crippen molar-refractivity contribution in [2.75, 3.05) is 0 Å². The summed E-state index contributed by atoms with van der Waals surface area (Å²) in [6.45, 7) is 13.6. The van der Waals surface area contributed by atoms with Gasteiger partial charge >= 0.3 is 5.97 Å². The Morgan fingerprint density at radius 3 is 2.58 bits per heavy atom. The fourth-order valence-corrected chi connectivity index (χ4v) is 5.42. The zero-order chi connectivity index (χ0) is 18.1. The molecule has 134 valence electrons. The van der Waals surface area contributed by atoms with E-state index in [0.717, 1.165) is 5.92 Å². The monoisotopic (exact) mass is 330 g/mol. The van der Waals surface area contributed by atoms with Crippen LogP contribution in [0.15, 0.2) is 34.9 Å². The smallest absolute Gasteiger partial charge is 0.310 e. The summed E-state index contributed by atoms with van der Waals surface area (Å²) < 4.78 is 0. The molecule has 24 heavy (non-hydrogen) atoms. The molecule has 1 N–H and O–H groups in total. The van der Waals surface area contributed by atoms with Gasteiger partial charge in [-0.05, 0) is 74.3 Å². The quantitative estimate of drug-likeness (QED) is 0.627. The molecule has 2 nitrogen and oxygen atoms in total. The molecule has 0 bridgehead atoms. The fraction of sp³-hybridized carbons (Fsp3) is 0.682. The summed E-state index contributed by atoms with van der Waals surface area (Å²) in [6, 6.07) is 0. The lowest BCUT2D eigenvalue weighted by Crippen LogP contribution is -2.45. The van der Waals surface area contributed by atoms with Crippen LogP contribution in [-0.2, 0) is 4.79 Å². The van der Waals surface area contributed by atoms with Gasteiger partial charge in [0.05, 0.1) is 5.92 Å². The van der Waals surface area contributed by atoms with Crippen molar-refractivity contribution in [1.29, 1.82) is 0 Å². The van der Waals surface area contributed by atoms with Gasteiger partial charge in [-0.15, -0.1) is 0 Å². The molecule has 2 rings (SSSR count). The number of allylic oxidation sites excluding steroid dienone is 5. The largest absolute Gasteiger partial charge is 0.481 e. The number of hydrogen-bond donors (Lipinski definition) is 1. The first kappa shape index (κ1) is 19.0. The van der Waals surface area contributed by atoms with E-state index in [1.165, 1.54) is 43.3 Å². The van der Waals surface area contributed by atoms with Crippen molar-refractivity contribution in [3.63, 3.8) is 0 Å². The summed E-state index contributed by atoms with van der Waals surface area (Å²) in [5, 5.41) is 9.01. The molecule has 0 amide bonds. The molecule has 0 aromatic heterocycles. The first-order valence-electron chi connectivity index (χ1n) is 9.38. The Morgan fingerprint density at radius 1 is 1.29 bits per heavy atom. The zero-order valence-corrected chi connectivity index (χ0v) is 16.3. The summed E-state index contributed by atoms with van der Waals surface area (Å²) in [5.74, 6) is -0.471. The number of hydrogen-bond acceptors (Lipinski definition) is 1. The van der Waals surface area contributed by atoms with Crippen molar-refractivity contribution < 1.29 is 9.90 Å². The first-order chi connectivity index (χ1) is 11.1. The second-order valence-electron chi connectivity index (χ2n) is 8.87. The second-order valence-corrected chi connectivity index (χ2v) is 8.87. The van der Waals surface area contributed by atoms with Crippen LogP contribution in [0.1, 0.15) is 73.6 Å². The van der Waals surface area contributed by atoms with Crippen molar-refractivity contribution in [3.8, 4) is 0 Å². The zero-order valence-electron chi connectivity index (χ0n) is 16.3. The summed E-state index contributed by atoms with van der Waals surface area (Å²) in [5.41, 5.74) is 5.05. The highest BCUT2D eigenvalue weighted by Gasteiger charge is 2.50. The number of aliphatic carboxylic acids is 1. The number of rotatable bonds is 4. The summed E-state index contributed by atoms with van der Waals surface area (Å²) >= 11 is 0. The third-order valence-electron chi connectivity index (χ3n) is 6.57. The molecule has 0 aromatic rings. The Hall–Kier alpha value is -1.31. The molecule has 0 heterocycles. The van der Waals surface area contributed by atoms with Crippen molar-refractivity contribution in [2.45, 2.75) is 73.6 Å². The van der Waals surface area contributed by atoms with E-state index in [9.17, 15) is 4.79 Å². The van der Waals surface area contributed by atoms with E-state index >= 15 is 0 Å². The Bertz CT molecular complexity index is 591. The minimum absolute atomic E-state index is 0.261. The maximum absolute atomic E-state index is 11.0. The van der Waals surface area contributed by atoms with Crippen LogP contribution >= 0.6 is 0 Å². The highest BCUT2D eigenvalue weighted by Crippen LogP contribution is 2.60. The number of fused-ring (bicyclic) bond motifs is 1. The molecular weight excluding hydrogens is 296 g/mol. The molecule has 2 heteroatoms. The third-order valence-corrected chi connectivity index (χ3v) is 6.57. The van der Waals surface area contributed by atoms with Gasteiger partial charge in [0.15, 0.2) is 0 Å². The van der Waals surface area contributed by atoms with Gasteiger partial charge in [0.1, 0.15) is 0 Å². The van der Waals surface area contributed by atoms with Crippen LogP contribution in [0.3, 0.4) is 0 Å². The van der Waals surface area contributed by atoms with Crippen LogP contribution < -0.4 is 0 Å². The Kier molecular flexibility index (Phi) is 5.47. The highest BCUT2D eigenvalue weighted by atomic mass is 16.4. The van der Waals surface area contributed by atoms with Gasteiger partial charge in [-0.25, -0.2) is 0 Å². The first-order valence-corrected chi connectivity index (χ1v) is 9.38. The van der Waals surface area contributed by atoms with Gasteiger partial charge in [-0.2, -0.15) is 0 Å². The molecule has 0 aliphatic heterocycles. The molecule has 0 aromatic carbocycles. The lowest BCUT2D eigenvalue weighted by molar-refractivity contribution is -0.139. The van der Waals surface area contributed by atoms with Gasteiger partial charge in [-0.1, -0.05) is 51.0 Å². The Morgan fingerprint density at radius 2 is 1.96 bits per heavy atom. The molecule has 3 atom stereocenters. The standard InChI is InChI=1S/C22H34O2/c1-15(9-7-10-17(3)20(23)24)19-16(2)11-12-18-21(4,5)13-8-14-22(18,19)6/h7,9-10,17-18H,8,11-14H2,1-6H3,(H,23,24)/b10-7+,15-9-/t17-,18+,22+/m1/s1. The Balaban J connectivity index is 2.34. The summed E-state index contributed by atoms with van der Waals surface area (Å²) in [4.78, 5) is 11.0. The van der Waals surface area contributed by atoms with E-state index in [-0.39, 0.29) is 5.41 Å². The molecule has 1 fully saturated rings. The average Bonchev–Trinajstić information content (AvgIpc) is 2.45. The SMILES string of the molecule is CC1=C(/C(C)=C\C=C\[C@@H](C)C(=O)O)[C@@]2(C)CCCC(C)(C)[C@@H]2CC1. The van der Waals surface area contributed by atoms with Gasteiger partial charge in [0, 0.05) is 0 Å². The van der Waals surface area contributed by atoms with Crippen molar-refractivity contribution >= 4 is 5.97 Å². The molecule has 0 saturated heterocycles. The van der Waals surface area contributed by atoms with Gasteiger partial charge in [0.2, 0.25) is 0 Å². The molecule has 2 aliphatic carbocycles. The van der Waals surface area contributed by atoms with Crippen LogP contribution in [0.5, 0.6) is 0 Å². The van der Waals surface area contributed by atoms with Crippen molar-refractivity contribution in [3.05, 3.63) is 34.9 Å². The maximum atomic E-state index is 11.0. The fourth-order valence-electron chi connectivity index (χ4n) is 5.42. The van der Waals surface area contributed by atoms with Crippen molar-refractivity contribution in [1.82, 2.24) is 0 Å². The predicted molar refractivity (Wildman–Crippen MR) is 101 cm³/mol. The van der Waals surface area contributed by atoms with Crippen LogP contribution in [0, 0.1) is 22.7 Å². The molecule has 2 aliphatic rings. The lowest BCUT2D eigenvalue weighted by Gasteiger charge is -2.55. The van der Waals surface area contributed by atoms with E-state index < -0.39 is 11.9 Å². The number of carboxylic acids is 1. The minimum atomic E-state index is -0.772. The Labute approximate surface area is 147 Å². The van der Waals surface area contributed by atoms with Gasteiger partial charge < -0.3 is 5.11 Å². The summed E-state index contributed by atoms with van der Waals surface area (Å²) in [6.07, 6.45) is 12.2. The second kappa shape index (κ2) is 6.90. The van der Waals surface area contributed by atoms with E-state index in [1.54, 1.807) is 18.6 Å². The molecule has 0 radical (unpaired) electrons. The highest BCUT2D eigenvalue weighted by molar-refractivity contribution is 5.71. The summed E-state index contributed by atoms with van der Waals surface area (Å²) in [7, 11) is 0. The third kappa shape index (κ3) is 3.53. The molecule has 1 saturated carbocycles. The van der Waals surface area contributed by atoms with Gasteiger partial charge in [-0.3, -0.25) is 4.79 Å². The van der Waals surface area contributed by atoms with E-state index in [2.05, 4.69) is 40.7 Å². The maximum Gasteiger partial charge on any atom is 0.310 e. The number of carbonyl (C=O) groups is 1. The molecule has 0 spiro atoms.